The largest absolute Gasteiger partial charge is 0.481 e. The Kier molecular flexibility index (Phi) is 6.15. The Morgan fingerprint density at radius 2 is 2.05 bits per heavy atom. The second kappa shape index (κ2) is 7.04. The molecule has 1 saturated heterocycles. The molecule has 124 valence electrons. The predicted molar refractivity (Wildman–Crippen MR) is 78.9 cm³/mol. The van der Waals surface area contributed by atoms with Crippen LogP contribution in [0.15, 0.2) is 0 Å². The van der Waals surface area contributed by atoms with E-state index in [1.54, 1.807) is 0 Å². The highest BCUT2D eigenvalue weighted by Crippen LogP contribution is 2.21. The van der Waals surface area contributed by atoms with Gasteiger partial charge in [-0.2, -0.15) is 17.4 Å². The molecular formula is C13H26N2O5S. The predicted octanol–water partition coefficient (Wildman–Crippen LogP) is 0.415. The molecule has 7 nitrogen and oxygen atoms in total. The molecule has 0 aromatic rings. The maximum absolute atomic E-state index is 12.1. The number of aliphatic hydroxyl groups is 1. The van der Waals surface area contributed by atoms with Gasteiger partial charge < -0.3 is 10.2 Å². The second-order valence-electron chi connectivity index (χ2n) is 6.81. The molecule has 2 atom stereocenters. The lowest BCUT2D eigenvalue weighted by Crippen LogP contribution is -2.49. The molecule has 0 aromatic heterocycles. The topological polar surface area (TPSA) is 107 Å². The number of aliphatic carboxylic acids is 1. The third-order valence-corrected chi connectivity index (χ3v) is 4.97. The van der Waals surface area contributed by atoms with Gasteiger partial charge in [0.15, 0.2) is 0 Å². The maximum atomic E-state index is 12.1. The van der Waals surface area contributed by atoms with Gasteiger partial charge in [-0.05, 0) is 24.7 Å². The van der Waals surface area contributed by atoms with E-state index in [0.717, 1.165) is 4.31 Å². The summed E-state index contributed by atoms with van der Waals surface area (Å²) in [5, 5.41) is 18.8. The van der Waals surface area contributed by atoms with Crippen molar-refractivity contribution in [2.75, 3.05) is 19.6 Å². The van der Waals surface area contributed by atoms with Crippen LogP contribution in [-0.2, 0) is 15.0 Å². The first-order valence-corrected chi connectivity index (χ1v) is 8.61. The van der Waals surface area contributed by atoms with E-state index < -0.39 is 28.2 Å². The van der Waals surface area contributed by atoms with Crippen LogP contribution in [0.2, 0.25) is 0 Å². The Balaban J connectivity index is 2.55. The van der Waals surface area contributed by atoms with Crippen molar-refractivity contribution >= 4 is 16.2 Å². The summed E-state index contributed by atoms with van der Waals surface area (Å²) >= 11 is 0. The summed E-state index contributed by atoms with van der Waals surface area (Å²) in [5.74, 6) is -1.63. The van der Waals surface area contributed by atoms with Crippen LogP contribution in [0, 0.1) is 11.3 Å². The minimum Gasteiger partial charge on any atom is -0.481 e. The molecule has 3 N–H and O–H groups in total. The van der Waals surface area contributed by atoms with E-state index in [0.29, 0.717) is 25.8 Å². The average Bonchev–Trinajstić information content (AvgIpc) is 2.35. The van der Waals surface area contributed by atoms with Crippen LogP contribution in [0.25, 0.3) is 0 Å². The number of carboxylic acid groups (broad SMARTS) is 1. The van der Waals surface area contributed by atoms with Gasteiger partial charge in [0.25, 0.3) is 10.2 Å². The van der Waals surface area contributed by atoms with Crippen LogP contribution in [0.4, 0.5) is 0 Å². The van der Waals surface area contributed by atoms with Crippen LogP contribution in [0.1, 0.15) is 40.0 Å². The van der Waals surface area contributed by atoms with Crippen molar-refractivity contribution in [3.05, 3.63) is 0 Å². The van der Waals surface area contributed by atoms with E-state index in [4.69, 9.17) is 5.11 Å². The lowest BCUT2D eigenvalue weighted by Gasteiger charge is -2.30. The minimum absolute atomic E-state index is 0.0139. The van der Waals surface area contributed by atoms with Crippen molar-refractivity contribution in [2.24, 2.45) is 11.3 Å². The number of hydrogen-bond donors (Lipinski definition) is 3. The van der Waals surface area contributed by atoms with Crippen LogP contribution >= 0.6 is 0 Å². The van der Waals surface area contributed by atoms with E-state index in [1.807, 2.05) is 20.8 Å². The van der Waals surface area contributed by atoms with Gasteiger partial charge in [0, 0.05) is 19.6 Å². The van der Waals surface area contributed by atoms with Crippen molar-refractivity contribution in [2.45, 2.75) is 46.1 Å². The molecule has 1 aliphatic heterocycles. The molecule has 21 heavy (non-hydrogen) atoms. The molecular weight excluding hydrogens is 296 g/mol. The summed E-state index contributed by atoms with van der Waals surface area (Å²) in [4.78, 5) is 11.0. The van der Waals surface area contributed by atoms with E-state index in [9.17, 15) is 18.3 Å². The Bertz CT molecular complexity index is 458. The highest BCUT2D eigenvalue weighted by molar-refractivity contribution is 7.87. The van der Waals surface area contributed by atoms with Crippen LogP contribution < -0.4 is 4.72 Å². The van der Waals surface area contributed by atoms with E-state index in [1.165, 1.54) is 0 Å². The molecule has 0 aromatic carbocycles. The fourth-order valence-corrected chi connectivity index (χ4v) is 3.77. The molecule has 0 spiro atoms. The van der Waals surface area contributed by atoms with Crippen molar-refractivity contribution in [3.8, 4) is 0 Å². The monoisotopic (exact) mass is 322 g/mol. The summed E-state index contributed by atoms with van der Waals surface area (Å²) in [6, 6.07) is 0. The first-order valence-electron chi connectivity index (χ1n) is 7.17. The normalized spacial score (nSPS) is 23.0. The molecule has 0 radical (unpaired) electrons. The highest BCUT2D eigenvalue weighted by atomic mass is 32.2. The van der Waals surface area contributed by atoms with Gasteiger partial charge in [0.1, 0.15) is 0 Å². The van der Waals surface area contributed by atoms with Crippen molar-refractivity contribution in [3.63, 3.8) is 0 Å². The summed E-state index contributed by atoms with van der Waals surface area (Å²) in [5.41, 5.74) is -0.0929. The Hall–Kier alpha value is -0.700. The van der Waals surface area contributed by atoms with Crippen molar-refractivity contribution in [1.29, 1.82) is 0 Å². The Morgan fingerprint density at radius 3 is 2.57 bits per heavy atom. The van der Waals surface area contributed by atoms with Gasteiger partial charge in [0.2, 0.25) is 0 Å². The number of carbonyl (C=O) groups is 1. The van der Waals surface area contributed by atoms with Gasteiger partial charge in [-0.15, -0.1) is 0 Å². The summed E-state index contributed by atoms with van der Waals surface area (Å²) in [7, 11) is -3.74. The molecule has 1 fully saturated rings. The smallest absolute Gasteiger partial charge is 0.307 e. The second-order valence-corrected chi connectivity index (χ2v) is 8.56. The zero-order valence-corrected chi connectivity index (χ0v) is 13.7. The quantitative estimate of drug-likeness (QED) is 0.657. The number of hydrogen-bond acceptors (Lipinski definition) is 4. The number of rotatable bonds is 6. The zero-order chi connectivity index (χ0) is 16.3. The van der Waals surface area contributed by atoms with Crippen LogP contribution in [0.3, 0.4) is 0 Å². The van der Waals surface area contributed by atoms with Gasteiger partial charge in [-0.1, -0.05) is 20.8 Å². The number of carboxylic acids is 1. The third kappa shape index (κ3) is 6.29. The van der Waals surface area contributed by atoms with Crippen molar-refractivity contribution in [1.82, 2.24) is 9.03 Å². The van der Waals surface area contributed by atoms with Gasteiger partial charge >= 0.3 is 5.97 Å². The molecule has 1 rings (SSSR count). The van der Waals surface area contributed by atoms with E-state index in [-0.39, 0.29) is 18.5 Å². The van der Waals surface area contributed by atoms with Gasteiger partial charge in [-0.25, -0.2) is 0 Å². The number of nitrogens with zero attached hydrogens (tertiary/aromatic N) is 1. The molecule has 1 heterocycles. The summed E-state index contributed by atoms with van der Waals surface area (Å²) in [6.07, 6.45) is 0.740. The van der Waals surface area contributed by atoms with Gasteiger partial charge in [-0.3, -0.25) is 4.79 Å². The Morgan fingerprint density at radius 1 is 1.43 bits per heavy atom. The fraction of sp³-hybridized carbons (Fsp3) is 0.923. The van der Waals surface area contributed by atoms with Crippen LogP contribution in [0.5, 0.6) is 0 Å². The zero-order valence-electron chi connectivity index (χ0n) is 12.9. The molecule has 0 saturated carbocycles. The molecule has 0 amide bonds. The van der Waals surface area contributed by atoms with E-state index in [2.05, 4.69) is 4.72 Å². The van der Waals surface area contributed by atoms with Crippen molar-refractivity contribution < 1.29 is 23.4 Å². The summed E-state index contributed by atoms with van der Waals surface area (Å²) < 4.78 is 27.8. The maximum Gasteiger partial charge on any atom is 0.307 e. The third-order valence-electron chi connectivity index (χ3n) is 3.42. The SMILES string of the molecule is CC(C)(C)CC(O)CNS(=O)(=O)N1CCCC(C(=O)O)C1. The lowest BCUT2D eigenvalue weighted by atomic mass is 9.89. The molecule has 0 bridgehead atoms. The molecule has 2 unspecified atom stereocenters. The summed E-state index contributed by atoms with van der Waals surface area (Å²) in [6.45, 7) is 6.13. The molecule has 8 heteroatoms. The molecule has 0 aliphatic carbocycles. The minimum atomic E-state index is -3.74. The van der Waals surface area contributed by atoms with Crippen LogP contribution in [-0.4, -0.2) is 54.6 Å². The first-order chi connectivity index (χ1) is 9.51. The number of aliphatic hydroxyl groups excluding tert-OH is 1. The average molecular weight is 322 g/mol. The standard InChI is InChI=1S/C13H26N2O5S/c1-13(2,3)7-11(16)8-14-21(19,20)15-6-4-5-10(9-15)12(17)18/h10-11,14,16H,4-9H2,1-3H3,(H,17,18). The lowest BCUT2D eigenvalue weighted by molar-refractivity contribution is -0.142. The van der Waals surface area contributed by atoms with E-state index >= 15 is 0 Å². The number of piperidine rings is 1. The fourth-order valence-electron chi connectivity index (χ4n) is 2.43. The van der Waals surface area contributed by atoms with Gasteiger partial charge in [0.05, 0.1) is 12.0 Å². The Labute approximate surface area is 126 Å². The first kappa shape index (κ1) is 18.3. The molecule has 1 aliphatic rings. The highest BCUT2D eigenvalue weighted by Gasteiger charge is 2.32. The number of nitrogens with one attached hydrogen (secondary N) is 1.